The van der Waals surface area contributed by atoms with Crippen molar-refractivity contribution in [3.05, 3.63) is 30.3 Å². The Balaban J connectivity index is 1.52. The molecule has 0 bridgehead atoms. The van der Waals surface area contributed by atoms with Gasteiger partial charge in [-0.2, -0.15) is 0 Å². The van der Waals surface area contributed by atoms with E-state index in [-0.39, 0.29) is 63.0 Å². The van der Waals surface area contributed by atoms with E-state index in [1.807, 2.05) is 0 Å². The van der Waals surface area contributed by atoms with E-state index < -0.39 is 29.9 Å². The molecule has 54 heavy (non-hydrogen) atoms. The summed E-state index contributed by atoms with van der Waals surface area (Å²) < 4.78 is 27.6. The Hall–Kier alpha value is -4.27. The summed E-state index contributed by atoms with van der Waals surface area (Å²) in [6, 6.07) is 7.02. The van der Waals surface area contributed by atoms with Gasteiger partial charge >= 0.3 is 6.03 Å². The third kappa shape index (κ3) is 22.7. The van der Waals surface area contributed by atoms with E-state index in [1.54, 1.807) is 38.1 Å². The number of benzene rings is 1. The fourth-order valence-electron chi connectivity index (χ4n) is 5.05. The van der Waals surface area contributed by atoms with Crippen LogP contribution in [0.5, 0.6) is 0 Å². The Morgan fingerprint density at radius 3 is 2.13 bits per heavy atom. The smallest absolute Gasteiger partial charge is 0.312 e. The molecule has 1 radical (unpaired) electrons. The molecular weight excluding hydrogens is 700 g/mol. The highest BCUT2D eigenvalue weighted by atomic mass is 16.6. The predicted molar refractivity (Wildman–Crippen MR) is 201 cm³/mol. The van der Waals surface area contributed by atoms with Crippen LogP contribution in [0.25, 0.3) is 0 Å². The van der Waals surface area contributed by atoms with Crippen molar-refractivity contribution >= 4 is 35.3 Å². The molecule has 1 aromatic rings. The van der Waals surface area contributed by atoms with Crippen LogP contribution in [0, 0.1) is 23.8 Å². The third-order valence-corrected chi connectivity index (χ3v) is 7.96. The lowest BCUT2D eigenvalue weighted by Crippen LogP contribution is -2.54. The van der Waals surface area contributed by atoms with E-state index in [2.05, 4.69) is 44.5 Å². The zero-order chi connectivity index (χ0) is 39.2. The molecule has 1 aliphatic carbocycles. The summed E-state index contributed by atoms with van der Waals surface area (Å²) in [7, 11) is 0. The van der Waals surface area contributed by atoms with Crippen molar-refractivity contribution in [2.75, 3.05) is 77.9 Å². The van der Waals surface area contributed by atoms with E-state index in [1.165, 1.54) is 0 Å². The minimum Gasteiger partial charge on any atom is -0.379 e. The quantitative estimate of drug-likeness (QED) is 0.0534. The summed E-state index contributed by atoms with van der Waals surface area (Å²) in [5, 5.41) is 13.5. The molecule has 1 aliphatic rings. The first kappa shape index (κ1) is 45.9. The van der Waals surface area contributed by atoms with Gasteiger partial charge in [-0.05, 0) is 56.2 Å². The van der Waals surface area contributed by atoms with Gasteiger partial charge < -0.3 is 56.0 Å². The number of nitrogens with two attached hydrogens (primary N) is 1. The van der Waals surface area contributed by atoms with Gasteiger partial charge in [0.1, 0.15) is 24.8 Å². The van der Waals surface area contributed by atoms with Crippen molar-refractivity contribution in [3.63, 3.8) is 0 Å². The van der Waals surface area contributed by atoms with E-state index >= 15 is 0 Å². The zero-order valence-electron chi connectivity index (χ0n) is 31.7. The molecule has 3 atom stereocenters. The largest absolute Gasteiger partial charge is 0.379 e. The lowest BCUT2D eigenvalue weighted by molar-refractivity contribution is -0.132. The van der Waals surface area contributed by atoms with Gasteiger partial charge in [-0.3, -0.25) is 19.2 Å². The van der Waals surface area contributed by atoms with Crippen LogP contribution >= 0.6 is 0 Å². The minimum atomic E-state index is -0.926. The highest BCUT2D eigenvalue weighted by molar-refractivity contribution is 5.98. The molecule has 0 saturated heterocycles. The number of anilines is 1. The van der Waals surface area contributed by atoms with Gasteiger partial charge in [-0.15, -0.1) is 5.92 Å². The van der Waals surface area contributed by atoms with Gasteiger partial charge in [0.05, 0.1) is 52.9 Å². The molecule has 16 nitrogen and oxygen atoms in total. The topological polar surface area (TPSA) is 218 Å². The highest BCUT2D eigenvalue weighted by Crippen LogP contribution is 2.11. The average Bonchev–Trinajstić information content (AvgIpc) is 3.13. The molecule has 0 aliphatic heterocycles. The molecular formula is C38H59N6O10. The first-order chi connectivity index (χ1) is 26.2. The minimum absolute atomic E-state index is 0.0100. The first-order valence-corrected chi connectivity index (χ1v) is 18.7. The van der Waals surface area contributed by atoms with Gasteiger partial charge in [0.25, 0.3) is 0 Å². The number of hydrogen-bond acceptors (Lipinski definition) is 10. The van der Waals surface area contributed by atoms with E-state index in [9.17, 15) is 24.0 Å². The molecule has 0 fully saturated rings. The molecule has 16 heteroatoms. The number of rotatable bonds is 28. The molecule has 1 aromatic carbocycles. The fourth-order valence-corrected chi connectivity index (χ4v) is 5.05. The second kappa shape index (κ2) is 29.1. The summed E-state index contributed by atoms with van der Waals surface area (Å²) >= 11 is 0. The molecule has 7 N–H and O–H groups in total. The fraction of sp³-hybridized carbons (Fsp3) is 0.658. The maximum absolute atomic E-state index is 13.2. The Morgan fingerprint density at radius 2 is 1.46 bits per heavy atom. The number of amides is 6. The second-order valence-corrected chi connectivity index (χ2v) is 12.8. The number of primary amides is 1. The maximum atomic E-state index is 13.2. The Kier molecular flexibility index (Phi) is 24.8. The number of carbonyl (C=O) groups excluding carboxylic acids is 5. The zero-order valence-corrected chi connectivity index (χ0v) is 31.7. The standard InChI is InChI=1S/C38H59N6O10/c1-29(2)35(37(48)43-32(16-11-18-41-38(39)49)36(47)42-30-12-7-6-8-13-30)44-33(45)17-20-50-22-24-52-26-27-53-25-23-51-21-19-40-34(46)28-54-31-14-9-4-3-5-10-15-31/h7-8,12-13,29,31-32,35H,3-5,9,11,14,16-28H2,1-2H3,(H,40,46)(H,42,47)(H,43,48)(H,44,45)(H3,39,41,49)/t31?,32-,35-/m0/s1. The van der Waals surface area contributed by atoms with Crippen molar-refractivity contribution in [1.29, 1.82) is 0 Å². The van der Waals surface area contributed by atoms with Gasteiger partial charge in [0, 0.05) is 31.6 Å². The van der Waals surface area contributed by atoms with Crippen LogP contribution in [-0.4, -0.2) is 120 Å². The Labute approximate surface area is 319 Å². The summed E-state index contributed by atoms with van der Waals surface area (Å²) in [5.41, 5.74) is 5.66. The summed E-state index contributed by atoms with van der Waals surface area (Å²) in [6.07, 6.45) is 5.54. The van der Waals surface area contributed by atoms with Crippen molar-refractivity contribution < 1.29 is 47.7 Å². The molecule has 0 spiro atoms. The van der Waals surface area contributed by atoms with E-state index in [0.29, 0.717) is 58.3 Å². The van der Waals surface area contributed by atoms with E-state index in [0.717, 1.165) is 32.1 Å². The Bertz CT molecular complexity index is 1310. The highest BCUT2D eigenvalue weighted by Gasteiger charge is 2.28. The summed E-state index contributed by atoms with van der Waals surface area (Å²) in [6.45, 7) is 6.76. The van der Waals surface area contributed by atoms with Crippen LogP contribution in [0.15, 0.2) is 24.3 Å². The van der Waals surface area contributed by atoms with Gasteiger partial charge in [-0.1, -0.05) is 38.3 Å². The molecule has 0 aromatic heterocycles. The van der Waals surface area contributed by atoms with Crippen LogP contribution in [0.2, 0.25) is 0 Å². The van der Waals surface area contributed by atoms with Gasteiger partial charge in [-0.25, -0.2) is 4.79 Å². The SMILES string of the molecule is CC(C)[C@H](NC(=O)CCOCCOCCOCCOCCNC(=O)COC1C#CCCCCC1)C(=O)N[C@@H](CCCNC(N)=O)C(=O)Nc1cc[c]cc1. The van der Waals surface area contributed by atoms with Gasteiger partial charge in [0.2, 0.25) is 23.6 Å². The summed E-state index contributed by atoms with van der Waals surface area (Å²) in [5.74, 6) is 4.40. The average molecular weight is 760 g/mol. The number of ether oxygens (including phenoxy) is 5. The molecule has 0 heterocycles. The van der Waals surface area contributed by atoms with Crippen molar-refractivity contribution in [3.8, 4) is 11.8 Å². The molecule has 301 valence electrons. The van der Waals surface area contributed by atoms with Crippen LogP contribution in [0.1, 0.15) is 65.2 Å². The van der Waals surface area contributed by atoms with Crippen LogP contribution < -0.4 is 32.3 Å². The maximum Gasteiger partial charge on any atom is 0.312 e. The molecule has 2 rings (SSSR count). The van der Waals surface area contributed by atoms with Gasteiger partial charge in [0.15, 0.2) is 0 Å². The first-order valence-electron chi connectivity index (χ1n) is 18.7. The molecule has 6 amide bonds. The lowest BCUT2D eigenvalue weighted by atomic mass is 10.0. The number of hydrogen-bond donors (Lipinski definition) is 6. The number of urea groups is 1. The molecule has 1 unspecified atom stereocenters. The number of nitrogens with one attached hydrogen (secondary N) is 5. The van der Waals surface area contributed by atoms with Crippen LogP contribution in [0.4, 0.5) is 10.5 Å². The second-order valence-electron chi connectivity index (χ2n) is 12.8. The summed E-state index contributed by atoms with van der Waals surface area (Å²) in [4.78, 5) is 61.9. The predicted octanol–water partition coefficient (Wildman–Crippen LogP) is 1.42. The lowest BCUT2D eigenvalue weighted by Gasteiger charge is -2.25. The van der Waals surface area contributed by atoms with Crippen molar-refractivity contribution in [2.45, 2.75) is 83.4 Å². The van der Waals surface area contributed by atoms with E-state index in [4.69, 9.17) is 29.4 Å². The Morgan fingerprint density at radius 1 is 0.796 bits per heavy atom. The van der Waals surface area contributed by atoms with Crippen molar-refractivity contribution in [1.82, 2.24) is 21.3 Å². The van der Waals surface area contributed by atoms with Crippen LogP contribution in [0.3, 0.4) is 0 Å². The van der Waals surface area contributed by atoms with Crippen LogP contribution in [-0.2, 0) is 42.9 Å². The normalized spacial score (nSPS) is 15.1. The third-order valence-electron chi connectivity index (χ3n) is 7.96. The number of carbonyl (C=O) groups is 5. The monoisotopic (exact) mass is 759 g/mol. The van der Waals surface area contributed by atoms with Crippen molar-refractivity contribution in [2.24, 2.45) is 11.7 Å². The molecule has 0 saturated carbocycles.